The van der Waals surface area contributed by atoms with Crippen LogP contribution in [0.2, 0.25) is 0 Å². The molecule has 0 aromatic carbocycles. The van der Waals surface area contributed by atoms with Crippen molar-refractivity contribution in [2.24, 2.45) is 11.8 Å². The van der Waals surface area contributed by atoms with E-state index in [1.807, 2.05) is 0 Å². The first kappa shape index (κ1) is 6.66. The molecule has 1 heterocycles. The average Bonchev–Trinajstić information content (AvgIpc) is 2.09. The zero-order chi connectivity index (χ0) is 7.14. The monoisotopic (exact) mass is 139 g/mol. The SMILES string of the molecule is CC(C)N1C[C@H]2CC[C@H]2C1. The minimum Gasteiger partial charge on any atom is -0.300 e. The molecule has 0 amide bonds. The molecule has 2 atom stereocenters. The summed E-state index contributed by atoms with van der Waals surface area (Å²) in [5.74, 6) is 2.17. The molecule has 0 aromatic heterocycles. The zero-order valence-corrected chi connectivity index (χ0v) is 7.01. The maximum absolute atomic E-state index is 2.63. The van der Waals surface area contributed by atoms with Gasteiger partial charge in [-0.3, -0.25) is 0 Å². The smallest absolute Gasteiger partial charge is 0.00388 e. The fourth-order valence-corrected chi connectivity index (χ4v) is 2.22. The van der Waals surface area contributed by atoms with Crippen LogP contribution in [-0.4, -0.2) is 24.0 Å². The van der Waals surface area contributed by atoms with E-state index in [1.54, 1.807) is 0 Å². The zero-order valence-electron chi connectivity index (χ0n) is 7.01. The van der Waals surface area contributed by atoms with Crippen LogP contribution < -0.4 is 0 Å². The third-order valence-corrected chi connectivity index (χ3v) is 3.24. The van der Waals surface area contributed by atoms with Crippen LogP contribution in [0.25, 0.3) is 0 Å². The summed E-state index contributed by atoms with van der Waals surface area (Å²) in [4.78, 5) is 2.63. The summed E-state index contributed by atoms with van der Waals surface area (Å²) in [5, 5.41) is 0. The summed E-state index contributed by atoms with van der Waals surface area (Å²) in [6, 6.07) is 0.783. The molecule has 58 valence electrons. The number of nitrogens with zero attached hydrogens (tertiary/aromatic N) is 1. The van der Waals surface area contributed by atoms with E-state index < -0.39 is 0 Å². The van der Waals surface area contributed by atoms with Crippen LogP contribution in [0.1, 0.15) is 26.7 Å². The highest BCUT2D eigenvalue weighted by Crippen LogP contribution is 2.40. The second kappa shape index (κ2) is 2.23. The molecule has 1 saturated heterocycles. The van der Waals surface area contributed by atoms with Gasteiger partial charge in [0.25, 0.3) is 0 Å². The van der Waals surface area contributed by atoms with Gasteiger partial charge >= 0.3 is 0 Å². The van der Waals surface area contributed by atoms with Gasteiger partial charge in [-0.1, -0.05) is 0 Å². The highest BCUT2D eigenvalue weighted by Gasteiger charge is 2.39. The lowest BCUT2D eigenvalue weighted by Gasteiger charge is -2.28. The van der Waals surface area contributed by atoms with Gasteiger partial charge in [0.2, 0.25) is 0 Å². The van der Waals surface area contributed by atoms with Gasteiger partial charge in [-0.2, -0.15) is 0 Å². The van der Waals surface area contributed by atoms with E-state index in [1.165, 1.54) is 25.9 Å². The Balaban J connectivity index is 1.92. The Kier molecular flexibility index (Phi) is 1.48. The van der Waals surface area contributed by atoms with Gasteiger partial charge in [0.15, 0.2) is 0 Å². The Morgan fingerprint density at radius 2 is 1.60 bits per heavy atom. The van der Waals surface area contributed by atoms with Crippen LogP contribution in [0.15, 0.2) is 0 Å². The molecule has 2 rings (SSSR count). The van der Waals surface area contributed by atoms with Crippen molar-refractivity contribution in [3.8, 4) is 0 Å². The summed E-state index contributed by atoms with van der Waals surface area (Å²) in [6.45, 7) is 7.40. The van der Waals surface area contributed by atoms with Gasteiger partial charge in [0, 0.05) is 19.1 Å². The van der Waals surface area contributed by atoms with Gasteiger partial charge in [0.05, 0.1) is 0 Å². The lowest BCUT2D eigenvalue weighted by Crippen LogP contribution is -2.27. The van der Waals surface area contributed by atoms with Crippen molar-refractivity contribution >= 4 is 0 Å². The topological polar surface area (TPSA) is 3.24 Å². The van der Waals surface area contributed by atoms with E-state index in [0.29, 0.717) is 0 Å². The van der Waals surface area contributed by atoms with Crippen LogP contribution in [-0.2, 0) is 0 Å². The van der Waals surface area contributed by atoms with Gasteiger partial charge in [0.1, 0.15) is 0 Å². The van der Waals surface area contributed by atoms with E-state index in [2.05, 4.69) is 18.7 Å². The van der Waals surface area contributed by atoms with Crippen molar-refractivity contribution in [2.45, 2.75) is 32.7 Å². The summed E-state index contributed by atoms with van der Waals surface area (Å²) < 4.78 is 0. The molecular weight excluding hydrogens is 122 g/mol. The predicted octanol–water partition coefficient (Wildman–Crippen LogP) is 1.74. The average molecular weight is 139 g/mol. The summed E-state index contributed by atoms with van der Waals surface area (Å²) in [7, 11) is 0. The van der Waals surface area contributed by atoms with Gasteiger partial charge < -0.3 is 4.90 Å². The van der Waals surface area contributed by atoms with Crippen molar-refractivity contribution < 1.29 is 0 Å². The second-order valence-electron chi connectivity index (χ2n) is 4.15. The van der Waals surface area contributed by atoms with E-state index in [-0.39, 0.29) is 0 Å². The van der Waals surface area contributed by atoms with E-state index in [0.717, 1.165) is 17.9 Å². The first-order valence-electron chi connectivity index (χ1n) is 4.51. The van der Waals surface area contributed by atoms with Crippen LogP contribution in [0.3, 0.4) is 0 Å². The van der Waals surface area contributed by atoms with Gasteiger partial charge in [-0.15, -0.1) is 0 Å². The van der Waals surface area contributed by atoms with Crippen molar-refractivity contribution in [1.82, 2.24) is 4.90 Å². The third kappa shape index (κ3) is 0.878. The predicted molar refractivity (Wildman–Crippen MR) is 42.9 cm³/mol. The van der Waals surface area contributed by atoms with Crippen LogP contribution in [0.4, 0.5) is 0 Å². The quantitative estimate of drug-likeness (QED) is 0.535. The maximum Gasteiger partial charge on any atom is 0.00388 e. The fraction of sp³-hybridized carbons (Fsp3) is 1.00. The maximum atomic E-state index is 2.63. The molecule has 1 aliphatic heterocycles. The Morgan fingerprint density at radius 1 is 1.10 bits per heavy atom. The number of fused-ring (bicyclic) bond motifs is 1. The molecule has 0 spiro atoms. The summed E-state index contributed by atoms with van der Waals surface area (Å²) in [6.07, 6.45) is 3.02. The van der Waals surface area contributed by atoms with Crippen LogP contribution in [0, 0.1) is 11.8 Å². The van der Waals surface area contributed by atoms with E-state index >= 15 is 0 Å². The molecule has 1 heteroatoms. The van der Waals surface area contributed by atoms with Crippen molar-refractivity contribution in [3.05, 3.63) is 0 Å². The Bertz CT molecular complexity index is 119. The molecule has 2 fully saturated rings. The highest BCUT2D eigenvalue weighted by molar-refractivity contribution is 4.92. The lowest BCUT2D eigenvalue weighted by atomic mass is 9.77. The molecular formula is C9H17N. The highest BCUT2D eigenvalue weighted by atomic mass is 15.2. The van der Waals surface area contributed by atoms with Gasteiger partial charge in [-0.25, -0.2) is 0 Å². The van der Waals surface area contributed by atoms with Gasteiger partial charge in [-0.05, 0) is 38.5 Å². The van der Waals surface area contributed by atoms with Crippen molar-refractivity contribution in [2.75, 3.05) is 13.1 Å². The van der Waals surface area contributed by atoms with Crippen LogP contribution >= 0.6 is 0 Å². The fourth-order valence-electron chi connectivity index (χ4n) is 2.22. The largest absolute Gasteiger partial charge is 0.300 e. The first-order valence-corrected chi connectivity index (χ1v) is 4.51. The molecule has 1 aliphatic carbocycles. The number of likely N-dealkylation sites (tertiary alicyclic amines) is 1. The summed E-state index contributed by atoms with van der Waals surface area (Å²) in [5.41, 5.74) is 0. The van der Waals surface area contributed by atoms with E-state index in [9.17, 15) is 0 Å². The molecule has 2 aliphatic rings. The Hall–Kier alpha value is -0.0400. The number of rotatable bonds is 1. The minimum atomic E-state index is 0.783. The molecule has 0 radical (unpaired) electrons. The Labute approximate surface area is 63.4 Å². The van der Waals surface area contributed by atoms with E-state index in [4.69, 9.17) is 0 Å². The standard InChI is InChI=1S/C9H17N/c1-7(2)10-5-8-3-4-9(8)6-10/h7-9H,3-6H2,1-2H3/t8-,9+. The third-order valence-electron chi connectivity index (χ3n) is 3.24. The molecule has 0 aromatic rings. The number of hydrogen-bond donors (Lipinski definition) is 0. The summed E-state index contributed by atoms with van der Waals surface area (Å²) >= 11 is 0. The van der Waals surface area contributed by atoms with Crippen molar-refractivity contribution in [1.29, 1.82) is 0 Å². The molecule has 10 heavy (non-hydrogen) atoms. The molecule has 0 bridgehead atoms. The lowest BCUT2D eigenvalue weighted by molar-refractivity contribution is 0.243. The number of hydrogen-bond acceptors (Lipinski definition) is 1. The molecule has 1 saturated carbocycles. The normalized spacial score (nSPS) is 39.9. The van der Waals surface area contributed by atoms with Crippen LogP contribution in [0.5, 0.6) is 0 Å². The Morgan fingerprint density at radius 3 is 1.90 bits per heavy atom. The molecule has 1 nitrogen and oxygen atoms in total. The molecule has 0 N–H and O–H groups in total. The minimum absolute atomic E-state index is 0.783. The first-order chi connectivity index (χ1) is 4.77. The van der Waals surface area contributed by atoms with Crippen molar-refractivity contribution in [3.63, 3.8) is 0 Å². The second-order valence-corrected chi connectivity index (χ2v) is 4.15. The molecule has 0 unspecified atom stereocenters.